The van der Waals surface area contributed by atoms with E-state index in [4.69, 9.17) is 15.7 Å². The summed E-state index contributed by atoms with van der Waals surface area (Å²) in [5.74, 6) is -0.377. The molecule has 2 saturated carbocycles. The number of hydrogen-bond donors (Lipinski definition) is 2. The molecule has 7 nitrogen and oxygen atoms in total. The number of rotatable bonds is 5. The van der Waals surface area contributed by atoms with Gasteiger partial charge in [0.2, 0.25) is 5.88 Å². The van der Waals surface area contributed by atoms with Crippen molar-refractivity contribution in [3.8, 4) is 11.9 Å². The molecule has 0 unspecified atom stereocenters. The van der Waals surface area contributed by atoms with Crippen LogP contribution in [-0.2, 0) is 0 Å². The van der Waals surface area contributed by atoms with Gasteiger partial charge in [-0.15, -0.1) is 11.3 Å². The van der Waals surface area contributed by atoms with Gasteiger partial charge in [-0.3, -0.25) is 9.59 Å². The smallest absolute Gasteiger partial charge is 0.254 e. The number of hydrogen-bond acceptors (Lipinski definition) is 6. The zero-order valence-electron chi connectivity index (χ0n) is 17.6. The number of aromatic nitrogens is 1. The van der Waals surface area contributed by atoms with Crippen LogP contribution in [0.15, 0.2) is 35.7 Å². The van der Waals surface area contributed by atoms with Crippen molar-refractivity contribution in [1.82, 2.24) is 10.3 Å². The minimum absolute atomic E-state index is 0.0130. The average Bonchev–Trinajstić information content (AvgIpc) is 3.09. The number of pyridine rings is 1. The Labute approximate surface area is 189 Å². The summed E-state index contributed by atoms with van der Waals surface area (Å²) >= 11 is 1.53. The highest BCUT2D eigenvalue weighted by Crippen LogP contribution is 2.57. The molecule has 5 rings (SSSR count). The van der Waals surface area contributed by atoms with Crippen LogP contribution >= 0.6 is 11.3 Å². The van der Waals surface area contributed by atoms with Crippen LogP contribution in [-0.4, -0.2) is 28.9 Å². The molecule has 8 heteroatoms. The number of amides is 2. The standard InChI is InChI=1S/C24H22N4O3S/c1-13-12-32-19-6-18(21(26)29)23(28-20(13)19)31-17-9-24(10-17)7-16(8-24)27-22(30)15-4-2-3-14(5-15)11-25/h2-6,12,16-17H,7-10H2,1H3,(H2,26,29)(H,27,30). The monoisotopic (exact) mass is 446 g/mol. The molecule has 3 N–H and O–H groups in total. The van der Waals surface area contributed by atoms with Gasteiger partial charge in [-0.05, 0) is 73.2 Å². The Hall–Kier alpha value is -3.44. The van der Waals surface area contributed by atoms with Crippen molar-refractivity contribution < 1.29 is 14.3 Å². The van der Waals surface area contributed by atoms with Crippen molar-refractivity contribution in [2.75, 3.05) is 0 Å². The molecule has 32 heavy (non-hydrogen) atoms. The molecule has 2 aliphatic carbocycles. The Balaban J connectivity index is 1.18. The quantitative estimate of drug-likeness (QED) is 0.620. The lowest BCUT2D eigenvalue weighted by Gasteiger charge is -2.57. The molecule has 2 heterocycles. The van der Waals surface area contributed by atoms with E-state index in [0.29, 0.717) is 22.6 Å². The summed E-state index contributed by atoms with van der Waals surface area (Å²) < 4.78 is 7.02. The summed E-state index contributed by atoms with van der Waals surface area (Å²) in [6.07, 6.45) is 3.51. The molecule has 0 bridgehead atoms. The summed E-state index contributed by atoms with van der Waals surface area (Å²) in [5.41, 5.74) is 8.92. The van der Waals surface area contributed by atoms with Gasteiger partial charge in [-0.25, -0.2) is 4.98 Å². The molecule has 162 valence electrons. The molecule has 2 fully saturated rings. The van der Waals surface area contributed by atoms with Gasteiger partial charge in [-0.1, -0.05) is 6.07 Å². The summed E-state index contributed by atoms with van der Waals surface area (Å²) in [5, 5.41) is 14.1. The highest BCUT2D eigenvalue weighted by atomic mass is 32.1. The van der Waals surface area contributed by atoms with Gasteiger partial charge in [0.1, 0.15) is 11.7 Å². The van der Waals surface area contributed by atoms with Crippen molar-refractivity contribution in [2.45, 2.75) is 44.8 Å². The van der Waals surface area contributed by atoms with Gasteiger partial charge in [-0.2, -0.15) is 5.26 Å². The number of carbonyl (C=O) groups is 2. The number of nitrogens with one attached hydrogen (secondary N) is 1. The number of primary amides is 1. The summed E-state index contributed by atoms with van der Waals surface area (Å²) in [6.45, 7) is 1.98. The maximum atomic E-state index is 12.5. The van der Waals surface area contributed by atoms with E-state index in [-0.39, 0.29) is 23.5 Å². The first-order valence-electron chi connectivity index (χ1n) is 10.5. The van der Waals surface area contributed by atoms with Crippen molar-refractivity contribution in [3.63, 3.8) is 0 Å². The van der Waals surface area contributed by atoms with E-state index in [0.717, 1.165) is 41.5 Å². The molecule has 2 aliphatic rings. The van der Waals surface area contributed by atoms with Gasteiger partial charge >= 0.3 is 0 Å². The zero-order valence-corrected chi connectivity index (χ0v) is 18.4. The molecule has 0 saturated heterocycles. The Morgan fingerprint density at radius 3 is 2.78 bits per heavy atom. The number of nitriles is 1. The predicted octanol–water partition coefficient (Wildman–Crippen LogP) is 3.70. The van der Waals surface area contributed by atoms with E-state index < -0.39 is 5.91 Å². The normalized spacial score (nSPS) is 23.8. The molecule has 3 aromatic rings. The van der Waals surface area contributed by atoms with Gasteiger partial charge in [0, 0.05) is 11.6 Å². The second kappa shape index (κ2) is 7.61. The molecule has 2 aromatic heterocycles. The number of benzene rings is 1. The molecular formula is C24H22N4O3S. The van der Waals surface area contributed by atoms with E-state index in [1.54, 1.807) is 30.3 Å². The predicted molar refractivity (Wildman–Crippen MR) is 121 cm³/mol. The molecule has 1 aromatic carbocycles. The summed E-state index contributed by atoms with van der Waals surface area (Å²) in [4.78, 5) is 28.9. The number of fused-ring (bicyclic) bond motifs is 1. The van der Waals surface area contributed by atoms with Crippen LogP contribution in [0.3, 0.4) is 0 Å². The summed E-state index contributed by atoms with van der Waals surface area (Å²) in [7, 11) is 0. The van der Waals surface area contributed by atoms with Crippen LogP contribution in [0.2, 0.25) is 0 Å². The lowest BCUT2D eigenvalue weighted by atomic mass is 9.53. The van der Waals surface area contributed by atoms with Crippen LogP contribution in [0.5, 0.6) is 5.88 Å². The SMILES string of the molecule is Cc1csc2cc(C(N)=O)c(OC3CC4(CC(NC(=O)c5cccc(C#N)c5)C4)C3)nc12. The Morgan fingerprint density at radius 1 is 1.28 bits per heavy atom. The highest BCUT2D eigenvalue weighted by molar-refractivity contribution is 7.17. The maximum Gasteiger partial charge on any atom is 0.254 e. The Kier molecular flexibility index (Phi) is 4.86. The van der Waals surface area contributed by atoms with Crippen molar-refractivity contribution in [1.29, 1.82) is 5.26 Å². The third-order valence-corrected chi connectivity index (χ3v) is 7.54. The minimum atomic E-state index is -0.540. The largest absolute Gasteiger partial charge is 0.474 e. The summed E-state index contributed by atoms with van der Waals surface area (Å²) in [6, 6.07) is 10.7. The van der Waals surface area contributed by atoms with Crippen LogP contribution in [0.1, 0.15) is 57.5 Å². The number of nitrogens with zero attached hydrogens (tertiary/aromatic N) is 2. The zero-order chi connectivity index (χ0) is 22.5. The molecule has 2 amide bonds. The van der Waals surface area contributed by atoms with E-state index >= 15 is 0 Å². The topological polar surface area (TPSA) is 118 Å². The first-order chi connectivity index (χ1) is 15.4. The fourth-order valence-corrected chi connectivity index (χ4v) is 5.81. The van der Waals surface area contributed by atoms with Crippen molar-refractivity contribution >= 4 is 33.4 Å². The molecular weight excluding hydrogens is 424 g/mol. The van der Waals surface area contributed by atoms with E-state index in [1.165, 1.54) is 11.3 Å². The Morgan fingerprint density at radius 2 is 2.06 bits per heavy atom. The van der Waals surface area contributed by atoms with Crippen molar-refractivity contribution in [3.05, 3.63) is 58.0 Å². The fraction of sp³-hybridized carbons (Fsp3) is 0.333. The number of carbonyl (C=O) groups excluding carboxylic acids is 2. The number of ether oxygens (including phenoxy) is 1. The third kappa shape index (κ3) is 3.59. The average molecular weight is 447 g/mol. The van der Waals surface area contributed by atoms with Crippen molar-refractivity contribution in [2.24, 2.45) is 11.1 Å². The van der Waals surface area contributed by atoms with Crippen LogP contribution in [0, 0.1) is 23.7 Å². The van der Waals surface area contributed by atoms with Gasteiger partial charge < -0.3 is 15.8 Å². The lowest BCUT2D eigenvalue weighted by molar-refractivity contribution is -0.0847. The highest BCUT2D eigenvalue weighted by Gasteiger charge is 2.54. The van der Waals surface area contributed by atoms with Gasteiger partial charge in [0.25, 0.3) is 11.8 Å². The lowest BCUT2D eigenvalue weighted by Crippen LogP contribution is -2.58. The second-order valence-corrected chi connectivity index (χ2v) is 9.80. The number of thiophene rings is 1. The Bertz CT molecular complexity index is 1280. The van der Waals surface area contributed by atoms with E-state index in [1.807, 2.05) is 12.3 Å². The molecule has 0 atom stereocenters. The van der Waals surface area contributed by atoms with Gasteiger partial charge in [0.15, 0.2) is 0 Å². The maximum absolute atomic E-state index is 12.5. The van der Waals surface area contributed by atoms with Gasteiger partial charge in [0.05, 0.1) is 21.8 Å². The number of aryl methyl sites for hydroxylation is 1. The van der Waals surface area contributed by atoms with E-state index in [9.17, 15) is 9.59 Å². The second-order valence-electron chi connectivity index (χ2n) is 8.89. The number of nitrogens with two attached hydrogens (primary N) is 1. The van der Waals surface area contributed by atoms with E-state index in [2.05, 4.69) is 16.4 Å². The molecule has 1 spiro atoms. The van der Waals surface area contributed by atoms with Crippen LogP contribution in [0.4, 0.5) is 0 Å². The third-order valence-electron chi connectivity index (χ3n) is 6.50. The fourth-order valence-electron chi connectivity index (χ4n) is 4.89. The first-order valence-corrected chi connectivity index (χ1v) is 11.4. The van der Waals surface area contributed by atoms with Crippen LogP contribution < -0.4 is 15.8 Å². The first kappa shape index (κ1) is 20.5. The van der Waals surface area contributed by atoms with Crippen LogP contribution in [0.25, 0.3) is 10.2 Å². The molecule has 0 radical (unpaired) electrons. The molecule has 0 aliphatic heterocycles. The minimum Gasteiger partial charge on any atom is -0.474 e.